The molecule has 0 atom stereocenters. The van der Waals surface area contributed by atoms with E-state index in [1.165, 1.54) is 216 Å². The second-order valence-electron chi connectivity index (χ2n) is 25.2. The molecular weight excluding hydrogens is 1260 g/mol. The first-order valence-electron chi connectivity index (χ1n) is 32.7. The molecule has 88 heavy (non-hydrogen) atoms. The van der Waals surface area contributed by atoms with Crippen LogP contribution in [0.15, 0.2) is 243 Å². The van der Waals surface area contributed by atoms with E-state index in [1.807, 2.05) is 0 Å². The molecule has 4 heteroatoms. The standard InChI is InChI=1S/4C21H21.2ClH.2Zr/c4*1-3-8-16(9-4-1)19-14-18-12-7-13-20(21(18)15-19)17-10-5-2-6-11-17;;;;/h4*2,5-7,10-16H,1,3-4,8-9H2;2*1H;;/q4*-1;;;2*+2/p-2. The number of fused-ring (bicyclic) bond motifs is 4. The van der Waals surface area contributed by atoms with Crippen LogP contribution < -0.4 is 24.8 Å². The van der Waals surface area contributed by atoms with Gasteiger partial charge in [-0.1, -0.05) is 245 Å². The molecule has 0 bridgehead atoms. The molecule has 0 aromatic heterocycles. The number of hydrogen-bond donors (Lipinski definition) is 0. The van der Waals surface area contributed by atoms with Crippen molar-refractivity contribution >= 4 is 43.1 Å². The number of rotatable bonds is 8. The Kier molecular flexibility index (Phi) is 25.1. The summed E-state index contributed by atoms with van der Waals surface area (Å²) >= 11 is 0. The molecule has 0 radical (unpaired) electrons. The minimum Gasteiger partial charge on any atom is -1.00 e. The Morgan fingerprint density at radius 1 is 0.216 bits per heavy atom. The summed E-state index contributed by atoms with van der Waals surface area (Å²) in [6.45, 7) is 0. The molecule has 444 valence electrons. The van der Waals surface area contributed by atoms with Crippen molar-refractivity contribution in [2.24, 2.45) is 0 Å². The van der Waals surface area contributed by atoms with Crippen molar-refractivity contribution in [2.75, 3.05) is 0 Å². The molecule has 12 aromatic rings. The van der Waals surface area contributed by atoms with Gasteiger partial charge in [0.2, 0.25) is 0 Å². The normalized spacial score (nSPS) is 15.6. The third-order valence-electron chi connectivity index (χ3n) is 19.7. The first kappa shape index (κ1) is 67.0. The van der Waals surface area contributed by atoms with E-state index >= 15 is 0 Å². The zero-order valence-corrected chi connectivity index (χ0v) is 57.7. The van der Waals surface area contributed by atoms with Gasteiger partial charge in [-0.15, -0.1) is 138 Å². The van der Waals surface area contributed by atoms with Gasteiger partial charge in [-0.25, -0.2) is 0 Å². The van der Waals surface area contributed by atoms with Crippen molar-refractivity contribution in [3.63, 3.8) is 0 Å². The van der Waals surface area contributed by atoms with Crippen LogP contribution in [-0.2, 0) is 52.4 Å². The van der Waals surface area contributed by atoms with Gasteiger partial charge in [0.15, 0.2) is 0 Å². The average Bonchev–Trinajstić information content (AvgIpc) is 3.64. The van der Waals surface area contributed by atoms with Gasteiger partial charge in [0.25, 0.3) is 0 Å². The van der Waals surface area contributed by atoms with Gasteiger partial charge >= 0.3 is 52.4 Å². The monoisotopic (exact) mass is 1340 g/mol. The quantitative estimate of drug-likeness (QED) is 0.133. The van der Waals surface area contributed by atoms with E-state index in [4.69, 9.17) is 0 Å². The maximum Gasteiger partial charge on any atom is 2.00 e. The van der Waals surface area contributed by atoms with Crippen LogP contribution >= 0.6 is 0 Å². The fourth-order valence-electron chi connectivity index (χ4n) is 15.2. The molecule has 0 aliphatic heterocycles. The molecule has 0 heterocycles. The molecule has 0 N–H and O–H groups in total. The van der Waals surface area contributed by atoms with E-state index in [0.29, 0.717) is 0 Å². The van der Waals surface area contributed by atoms with Crippen molar-refractivity contribution in [3.05, 3.63) is 265 Å². The summed E-state index contributed by atoms with van der Waals surface area (Å²) in [6, 6.07) is 89.3. The Balaban J connectivity index is 0.000000138. The van der Waals surface area contributed by atoms with Crippen LogP contribution in [0, 0.1) is 0 Å². The molecule has 4 fully saturated rings. The molecular formula is C84H84Cl2Zr2-2. The minimum absolute atomic E-state index is 0. The molecule has 4 aliphatic carbocycles. The van der Waals surface area contributed by atoms with Crippen molar-refractivity contribution in [2.45, 2.75) is 152 Å². The summed E-state index contributed by atoms with van der Waals surface area (Å²) in [5, 5.41) is 11.3. The van der Waals surface area contributed by atoms with Crippen LogP contribution in [0.2, 0.25) is 0 Å². The van der Waals surface area contributed by atoms with E-state index < -0.39 is 0 Å². The maximum atomic E-state index is 2.45. The fourth-order valence-corrected chi connectivity index (χ4v) is 15.2. The van der Waals surface area contributed by atoms with Crippen LogP contribution in [-0.4, -0.2) is 0 Å². The van der Waals surface area contributed by atoms with E-state index in [0.717, 1.165) is 23.7 Å². The summed E-state index contributed by atoms with van der Waals surface area (Å²) in [4.78, 5) is 0. The summed E-state index contributed by atoms with van der Waals surface area (Å²) in [5.41, 5.74) is 17.0. The van der Waals surface area contributed by atoms with Gasteiger partial charge in [0.05, 0.1) is 0 Å². The molecule has 16 rings (SSSR count). The predicted octanol–water partition coefficient (Wildman–Crippen LogP) is 19.1. The van der Waals surface area contributed by atoms with Gasteiger partial charge in [0.1, 0.15) is 0 Å². The molecule has 4 aliphatic rings. The van der Waals surface area contributed by atoms with E-state index in [2.05, 4.69) is 243 Å². The van der Waals surface area contributed by atoms with Crippen molar-refractivity contribution in [1.82, 2.24) is 0 Å². The Bertz CT molecular complexity index is 3460. The molecule has 12 aromatic carbocycles. The number of halogens is 2. The van der Waals surface area contributed by atoms with Gasteiger partial charge < -0.3 is 24.8 Å². The second-order valence-corrected chi connectivity index (χ2v) is 25.2. The molecule has 0 nitrogen and oxygen atoms in total. The van der Waals surface area contributed by atoms with E-state index in [-0.39, 0.29) is 77.2 Å². The first-order valence-corrected chi connectivity index (χ1v) is 32.7. The van der Waals surface area contributed by atoms with Crippen molar-refractivity contribution in [3.8, 4) is 44.5 Å². The summed E-state index contributed by atoms with van der Waals surface area (Å²) in [7, 11) is 0. The van der Waals surface area contributed by atoms with Crippen LogP contribution in [0.1, 0.15) is 174 Å². The molecule has 0 spiro atoms. The zero-order chi connectivity index (χ0) is 56.3. The van der Waals surface area contributed by atoms with Gasteiger partial charge in [-0.2, -0.15) is 24.3 Å². The molecule has 0 saturated heterocycles. The largest absolute Gasteiger partial charge is 2.00 e. The average molecular weight is 1350 g/mol. The van der Waals surface area contributed by atoms with Gasteiger partial charge in [0, 0.05) is 0 Å². The Labute approximate surface area is 576 Å². The molecule has 4 saturated carbocycles. The van der Waals surface area contributed by atoms with Crippen LogP contribution in [0.25, 0.3) is 87.6 Å². The first-order chi connectivity index (χ1) is 41.7. The van der Waals surface area contributed by atoms with E-state index in [1.54, 1.807) is 22.3 Å². The van der Waals surface area contributed by atoms with Crippen LogP contribution in [0.3, 0.4) is 0 Å². The molecule has 0 unspecified atom stereocenters. The number of hydrogen-bond acceptors (Lipinski definition) is 0. The molecule has 0 amide bonds. The van der Waals surface area contributed by atoms with E-state index in [9.17, 15) is 0 Å². The Morgan fingerprint density at radius 3 is 0.602 bits per heavy atom. The third-order valence-corrected chi connectivity index (χ3v) is 19.7. The summed E-state index contributed by atoms with van der Waals surface area (Å²) < 4.78 is 0. The number of benzene rings is 8. The SMILES string of the molecule is [Cl-].[Cl-].[Zr+2].[Zr+2].c1ccc(-c2cccc3[cH-]c(C4CCCCC4)cc23)cc1.c1ccc(-c2cccc3[cH-]c(C4CCCCC4)cc23)cc1.c1ccc(-c2cccc3[cH-]c(C4CCCCC4)cc23)cc1.c1ccc(-c2cccc3[cH-]c(C4CCCCC4)cc23)cc1. The predicted molar refractivity (Wildman–Crippen MR) is 363 cm³/mol. The zero-order valence-electron chi connectivity index (χ0n) is 51.3. The Morgan fingerprint density at radius 2 is 0.409 bits per heavy atom. The minimum atomic E-state index is 0. The van der Waals surface area contributed by atoms with Crippen molar-refractivity contribution in [1.29, 1.82) is 0 Å². The smallest absolute Gasteiger partial charge is 1.00 e. The topological polar surface area (TPSA) is 0 Å². The summed E-state index contributed by atoms with van der Waals surface area (Å²) in [5.74, 6) is 3.15. The Hall–Kier alpha value is -5.45. The van der Waals surface area contributed by atoms with Gasteiger partial charge in [-0.05, 0) is 97.3 Å². The maximum absolute atomic E-state index is 2.45. The fraction of sp³-hybridized carbons (Fsp3) is 0.286. The van der Waals surface area contributed by atoms with Crippen molar-refractivity contribution < 1.29 is 77.2 Å². The second kappa shape index (κ2) is 33.0. The van der Waals surface area contributed by atoms with Crippen LogP contribution in [0.4, 0.5) is 0 Å². The summed E-state index contributed by atoms with van der Waals surface area (Å²) in [6.07, 6.45) is 27.9. The van der Waals surface area contributed by atoms with Gasteiger partial charge in [-0.3, -0.25) is 0 Å². The third kappa shape index (κ3) is 16.0. The van der Waals surface area contributed by atoms with Crippen LogP contribution in [0.5, 0.6) is 0 Å².